The summed E-state index contributed by atoms with van der Waals surface area (Å²) in [5.41, 5.74) is 1.64. The molecule has 2 aromatic rings. The second-order valence-electron chi connectivity index (χ2n) is 3.77. The van der Waals surface area contributed by atoms with Crippen LogP contribution in [0.5, 0.6) is 11.5 Å². The minimum absolute atomic E-state index is 0.599. The predicted molar refractivity (Wildman–Crippen MR) is 77.8 cm³/mol. The first-order valence-corrected chi connectivity index (χ1v) is 6.82. The summed E-state index contributed by atoms with van der Waals surface area (Å²) in [6.07, 6.45) is 0. The molecule has 0 fully saturated rings. The summed E-state index contributed by atoms with van der Waals surface area (Å²) in [4.78, 5) is 0. The molecule has 0 saturated carbocycles. The second kappa shape index (κ2) is 5.55. The average molecular weight is 367 g/mol. The van der Waals surface area contributed by atoms with Crippen molar-refractivity contribution in [3.8, 4) is 17.6 Å². The summed E-state index contributed by atoms with van der Waals surface area (Å²) in [7, 11) is 0. The van der Waals surface area contributed by atoms with Crippen LogP contribution in [-0.4, -0.2) is 0 Å². The molecule has 0 spiro atoms. The zero-order chi connectivity index (χ0) is 13.1. The number of hydrogen-bond acceptors (Lipinski definition) is 2. The van der Waals surface area contributed by atoms with E-state index in [-0.39, 0.29) is 0 Å². The molecule has 0 atom stereocenters. The van der Waals surface area contributed by atoms with Gasteiger partial charge in [-0.15, -0.1) is 0 Å². The Morgan fingerprint density at radius 1 is 1.06 bits per heavy atom. The summed E-state index contributed by atoms with van der Waals surface area (Å²) in [5.74, 6) is 1.49. The van der Waals surface area contributed by atoms with Crippen molar-refractivity contribution < 1.29 is 4.74 Å². The number of aryl methyl sites for hydroxylation is 1. The normalized spacial score (nSPS) is 9.89. The Balaban J connectivity index is 2.32. The lowest BCUT2D eigenvalue weighted by Crippen LogP contribution is -1.89. The molecule has 0 heterocycles. The molecule has 2 nitrogen and oxygen atoms in total. The molecule has 2 rings (SSSR count). The third kappa shape index (κ3) is 2.92. The van der Waals surface area contributed by atoms with E-state index in [1.54, 1.807) is 18.2 Å². The van der Waals surface area contributed by atoms with Gasteiger partial charge >= 0.3 is 0 Å². The Morgan fingerprint density at radius 3 is 2.39 bits per heavy atom. The van der Waals surface area contributed by atoms with Gasteiger partial charge in [0, 0.05) is 4.47 Å². The van der Waals surface area contributed by atoms with Gasteiger partial charge in [-0.2, -0.15) is 5.26 Å². The zero-order valence-corrected chi connectivity index (χ0v) is 12.7. The summed E-state index contributed by atoms with van der Waals surface area (Å²) >= 11 is 6.81. The standard InChI is InChI=1S/C14H9Br2NO/c1-9-6-11(15)3-5-13(9)18-14-4-2-10(8-17)7-12(14)16/h2-7H,1H3. The van der Waals surface area contributed by atoms with Crippen LogP contribution < -0.4 is 4.74 Å². The second-order valence-corrected chi connectivity index (χ2v) is 5.54. The summed E-state index contributed by atoms with van der Waals surface area (Å²) in [6.45, 7) is 1.98. The monoisotopic (exact) mass is 365 g/mol. The first-order chi connectivity index (χ1) is 8.60. The fourth-order valence-corrected chi connectivity index (χ4v) is 2.43. The lowest BCUT2D eigenvalue weighted by Gasteiger charge is -2.10. The minimum atomic E-state index is 0.599. The molecule has 18 heavy (non-hydrogen) atoms. The van der Waals surface area contributed by atoms with Gasteiger partial charge in [-0.05, 0) is 64.8 Å². The molecule has 0 aliphatic heterocycles. The van der Waals surface area contributed by atoms with Crippen LogP contribution in [0.3, 0.4) is 0 Å². The summed E-state index contributed by atoms with van der Waals surface area (Å²) in [5, 5.41) is 8.80. The van der Waals surface area contributed by atoms with Crippen molar-refractivity contribution in [3.63, 3.8) is 0 Å². The van der Waals surface area contributed by atoms with Crippen LogP contribution in [0.1, 0.15) is 11.1 Å². The molecule has 0 radical (unpaired) electrons. The molecular formula is C14H9Br2NO. The van der Waals surface area contributed by atoms with Gasteiger partial charge in [-0.25, -0.2) is 0 Å². The molecule has 0 bridgehead atoms. The van der Waals surface area contributed by atoms with Crippen molar-refractivity contribution in [3.05, 3.63) is 56.5 Å². The van der Waals surface area contributed by atoms with Crippen LogP contribution in [0.2, 0.25) is 0 Å². The quantitative estimate of drug-likeness (QED) is 0.733. The molecule has 2 aromatic carbocycles. The summed E-state index contributed by atoms with van der Waals surface area (Å²) < 4.78 is 7.60. The Hall–Kier alpha value is -1.31. The number of nitrogens with zero attached hydrogens (tertiary/aromatic N) is 1. The minimum Gasteiger partial charge on any atom is -0.456 e. The van der Waals surface area contributed by atoms with Crippen molar-refractivity contribution in [2.24, 2.45) is 0 Å². The lowest BCUT2D eigenvalue weighted by molar-refractivity contribution is 0.476. The maximum Gasteiger partial charge on any atom is 0.141 e. The van der Waals surface area contributed by atoms with Crippen molar-refractivity contribution in [2.45, 2.75) is 6.92 Å². The highest BCUT2D eigenvalue weighted by atomic mass is 79.9. The molecule has 0 aliphatic rings. The summed E-state index contributed by atoms with van der Waals surface area (Å²) in [6, 6.07) is 13.2. The van der Waals surface area contributed by atoms with Crippen LogP contribution >= 0.6 is 31.9 Å². The molecular weight excluding hydrogens is 358 g/mol. The van der Waals surface area contributed by atoms with E-state index >= 15 is 0 Å². The highest BCUT2D eigenvalue weighted by molar-refractivity contribution is 9.10. The number of nitriles is 1. The Bertz CT molecular complexity index is 632. The molecule has 0 aliphatic carbocycles. The molecule has 90 valence electrons. The molecule has 0 amide bonds. The molecule has 0 aromatic heterocycles. The van der Waals surface area contributed by atoms with Crippen molar-refractivity contribution >= 4 is 31.9 Å². The third-order valence-electron chi connectivity index (χ3n) is 2.42. The average Bonchev–Trinajstić information content (AvgIpc) is 2.34. The van der Waals surface area contributed by atoms with Gasteiger partial charge in [0.1, 0.15) is 11.5 Å². The predicted octanol–water partition coefficient (Wildman–Crippen LogP) is 5.18. The van der Waals surface area contributed by atoms with Gasteiger partial charge in [-0.3, -0.25) is 0 Å². The van der Waals surface area contributed by atoms with Crippen molar-refractivity contribution in [1.82, 2.24) is 0 Å². The van der Waals surface area contributed by atoms with Crippen molar-refractivity contribution in [2.75, 3.05) is 0 Å². The Morgan fingerprint density at radius 2 is 1.78 bits per heavy atom. The van der Waals surface area contributed by atoms with Gasteiger partial charge in [0.25, 0.3) is 0 Å². The molecule has 0 saturated heterocycles. The van der Waals surface area contributed by atoms with E-state index in [1.165, 1.54) is 0 Å². The first kappa shape index (κ1) is 13.1. The molecule has 0 N–H and O–H groups in total. The number of rotatable bonds is 2. The van der Waals surface area contributed by atoms with E-state index in [2.05, 4.69) is 37.9 Å². The third-order valence-corrected chi connectivity index (χ3v) is 3.53. The van der Waals surface area contributed by atoms with E-state index in [1.807, 2.05) is 25.1 Å². The number of halogens is 2. The largest absolute Gasteiger partial charge is 0.456 e. The first-order valence-electron chi connectivity index (χ1n) is 5.24. The van der Waals surface area contributed by atoms with E-state index in [0.29, 0.717) is 11.3 Å². The smallest absolute Gasteiger partial charge is 0.141 e. The molecule has 4 heteroatoms. The topological polar surface area (TPSA) is 33.0 Å². The maximum atomic E-state index is 8.80. The van der Waals surface area contributed by atoms with Gasteiger partial charge in [0.2, 0.25) is 0 Å². The van der Waals surface area contributed by atoms with E-state index in [9.17, 15) is 0 Å². The van der Waals surface area contributed by atoms with Gasteiger partial charge in [0.05, 0.1) is 16.1 Å². The van der Waals surface area contributed by atoms with E-state index < -0.39 is 0 Å². The SMILES string of the molecule is Cc1cc(Br)ccc1Oc1ccc(C#N)cc1Br. The number of hydrogen-bond donors (Lipinski definition) is 0. The van der Waals surface area contributed by atoms with Crippen LogP contribution in [0, 0.1) is 18.3 Å². The fourth-order valence-electron chi connectivity index (χ4n) is 1.50. The van der Waals surface area contributed by atoms with Gasteiger partial charge < -0.3 is 4.74 Å². The fraction of sp³-hybridized carbons (Fsp3) is 0.0714. The van der Waals surface area contributed by atoms with Crippen LogP contribution in [0.25, 0.3) is 0 Å². The zero-order valence-electron chi connectivity index (χ0n) is 9.58. The van der Waals surface area contributed by atoms with Crippen LogP contribution in [-0.2, 0) is 0 Å². The highest BCUT2D eigenvalue weighted by Crippen LogP contribution is 2.32. The maximum absolute atomic E-state index is 8.80. The van der Waals surface area contributed by atoms with Gasteiger partial charge in [0.15, 0.2) is 0 Å². The van der Waals surface area contributed by atoms with Gasteiger partial charge in [-0.1, -0.05) is 15.9 Å². The molecule has 0 unspecified atom stereocenters. The van der Waals surface area contributed by atoms with Crippen molar-refractivity contribution in [1.29, 1.82) is 5.26 Å². The van der Waals surface area contributed by atoms with E-state index in [4.69, 9.17) is 10.00 Å². The van der Waals surface area contributed by atoms with Crippen LogP contribution in [0.15, 0.2) is 45.3 Å². The van der Waals surface area contributed by atoms with Crippen LogP contribution in [0.4, 0.5) is 0 Å². The highest BCUT2D eigenvalue weighted by Gasteiger charge is 2.06. The number of ether oxygens (including phenoxy) is 1. The Kier molecular flexibility index (Phi) is 4.05. The number of benzene rings is 2. The van der Waals surface area contributed by atoms with E-state index in [0.717, 1.165) is 20.3 Å². The Labute approximate surface area is 122 Å². The lowest BCUT2D eigenvalue weighted by atomic mass is 10.2.